The van der Waals surface area contributed by atoms with Gasteiger partial charge in [-0.2, -0.15) is 0 Å². The molecule has 0 saturated heterocycles. The van der Waals surface area contributed by atoms with Gasteiger partial charge < -0.3 is 0 Å². The number of benzene rings is 1. The van der Waals surface area contributed by atoms with Crippen molar-refractivity contribution in [2.24, 2.45) is 0 Å². The van der Waals surface area contributed by atoms with Crippen molar-refractivity contribution >= 4 is 143 Å². The number of halogens is 9. The van der Waals surface area contributed by atoms with Crippen molar-refractivity contribution in [1.29, 1.82) is 0 Å². The van der Waals surface area contributed by atoms with E-state index in [0.29, 0.717) is 0 Å². The summed E-state index contributed by atoms with van der Waals surface area (Å²) in [5.74, 6) is 0. The molecule has 0 heterocycles. The van der Waals surface area contributed by atoms with E-state index in [2.05, 4.69) is 149 Å². The number of rotatable bonds is 1. The normalized spacial score (nSPS) is 14.6. The van der Waals surface area contributed by atoms with Crippen LogP contribution in [0.15, 0.2) is 24.3 Å². The predicted octanol–water partition coefficient (Wildman–Crippen LogP) is 8.24. The first-order chi connectivity index (χ1) is 8.36. The van der Waals surface area contributed by atoms with E-state index in [4.69, 9.17) is 0 Å². The molecule has 0 nitrogen and oxygen atoms in total. The molecule has 0 saturated carbocycles. The summed E-state index contributed by atoms with van der Waals surface area (Å²) in [6.07, 6.45) is 0. The van der Waals surface area contributed by atoms with Gasteiger partial charge in [-0.05, 0) is 11.6 Å². The average Bonchev–Trinajstić information content (AvgIpc) is 2.12. The summed E-state index contributed by atoms with van der Waals surface area (Å²) >= 11 is 32.8. The van der Waals surface area contributed by atoms with Crippen LogP contribution in [0.1, 0.15) is 5.56 Å². The number of hydrogen-bond acceptors (Lipinski definition) is 0. The van der Waals surface area contributed by atoms with Gasteiger partial charge in [0.25, 0.3) is 0 Å². The second kappa shape index (κ2) is 7.19. The summed E-state index contributed by atoms with van der Waals surface area (Å²) in [4.78, 5) is 0. The molecule has 1 rings (SSSR count). The zero-order valence-electron chi connectivity index (χ0n) is 8.71. The molecule has 0 spiro atoms. The van der Waals surface area contributed by atoms with Crippen molar-refractivity contribution in [3.63, 3.8) is 0 Å². The molecule has 1 aromatic carbocycles. The fraction of sp³-hybridized carbons (Fsp3) is 0.400. The van der Waals surface area contributed by atoms with E-state index in [9.17, 15) is 0 Å². The summed E-state index contributed by atoms with van der Waals surface area (Å²) in [5, 5.41) is 0. The Bertz CT molecular complexity index is 387. The van der Waals surface area contributed by atoms with Gasteiger partial charge in [-0.25, -0.2) is 0 Å². The second-order valence-electron chi connectivity index (χ2n) is 3.52. The summed E-state index contributed by atoms with van der Waals surface area (Å²) in [7, 11) is 0. The molecule has 1 aromatic rings. The van der Waals surface area contributed by atoms with E-state index in [1.807, 2.05) is 24.3 Å². The topological polar surface area (TPSA) is 0 Å². The minimum Gasteiger partial charge on any atom is -0.0619 e. The molecule has 0 atom stereocenters. The zero-order chi connectivity index (χ0) is 15.1. The lowest BCUT2D eigenvalue weighted by atomic mass is 9.86. The minimum absolute atomic E-state index is 0.690. The molecular weight excluding hydrogens is 839 g/mol. The van der Waals surface area contributed by atoms with Gasteiger partial charge in [-0.3, -0.25) is 0 Å². The lowest BCUT2D eigenvalue weighted by Crippen LogP contribution is -2.57. The van der Waals surface area contributed by atoms with Crippen LogP contribution in [-0.2, 0) is 5.41 Å². The van der Waals surface area contributed by atoms with E-state index in [0.717, 1.165) is 5.56 Å². The maximum Gasteiger partial charge on any atom is 0.150 e. The van der Waals surface area contributed by atoms with Crippen LogP contribution in [0.4, 0.5) is 0 Å². The predicted molar refractivity (Wildman–Crippen MR) is 115 cm³/mol. The third-order valence-corrected chi connectivity index (χ3v) is 7.74. The highest BCUT2D eigenvalue weighted by Crippen LogP contribution is 2.72. The van der Waals surface area contributed by atoms with E-state index >= 15 is 0 Å². The molecule has 0 fully saturated rings. The molecular formula is C10H4Br9. The molecule has 107 valence electrons. The lowest BCUT2D eigenvalue weighted by Gasteiger charge is -2.51. The molecule has 0 aliphatic rings. The molecule has 0 aliphatic heterocycles. The highest BCUT2D eigenvalue weighted by Gasteiger charge is 2.68. The fourth-order valence-corrected chi connectivity index (χ4v) is 16.0. The van der Waals surface area contributed by atoms with Crippen molar-refractivity contribution in [2.75, 3.05) is 0 Å². The van der Waals surface area contributed by atoms with Crippen LogP contribution in [0.5, 0.6) is 0 Å². The summed E-state index contributed by atoms with van der Waals surface area (Å²) in [6, 6.07) is 11.0. The Balaban J connectivity index is 3.76. The Morgan fingerprint density at radius 2 is 1.11 bits per heavy atom. The maximum absolute atomic E-state index is 3.64. The van der Waals surface area contributed by atoms with Crippen LogP contribution in [0, 0.1) is 6.07 Å². The van der Waals surface area contributed by atoms with Crippen molar-refractivity contribution in [3.8, 4) is 0 Å². The van der Waals surface area contributed by atoms with Crippen LogP contribution in [0.25, 0.3) is 0 Å². The quantitative estimate of drug-likeness (QED) is 0.250. The van der Waals surface area contributed by atoms with Crippen molar-refractivity contribution in [3.05, 3.63) is 35.9 Å². The molecule has 0 aromatic heterocycles. The monoisotopic (exact) mass is 834 g/mol. The summed E-state index contributed by atoms with van der Waals surface area (Å²) < 4.78 is -2.07. The van der Waals surface area contributed by atoms with E-state index in [1.54, 1.807) is 0 Å². The van der Waals surface area contributed by atoms with E-state index < -0.39 is 11.8 Å². The highest BCUT2D eigenvalue weighted by atomic mass is 80.0. The van der Waals surface area contributed by atoms with Crippen LogP contribution >= 0.6 is 143 Å². The van der Waals surface area contributed by atoms with Gasteiger partial charge in [0.2, 0.25) is 0 Å². The Labute approximate surface area is 188 Å². The van der Waals surface area contributed by atoms with Crippen molar-refractivity contribution in [1.82, 2.24) is 0 Å². The van der Waals surface area contributed by atoms with E-state index in [1.165, 1.54) is 0 Å². The largest absolute Gasteiger partial charge is 0.150 e. The second-order valence-corrected chi connectivity index (χ2v) is 23.8. The Morgan fingerprint density at radius 3 is 1.37 bits per heavy atom. The van der Waals surface area contributed by atoms with Gasteiger partial charge >= 0.3 is 0 Å². The van der Waals surface area contributed by atoms with Crippen LogP contribution in [0.3, 0.4) is 0 Å². The lowest BCUT2D eigenvalue weighted by molar-refractivity contribution is 0.536. The Morgan fingerprint density at radius 1 is 0.684 bits per heavy atom. The molecule has 0 aliphatic carbocycles. The van der Waals surface area contributed by atoms with Gasteiger partial charge in [0.1, 0.15) is 5.41 Å². The smallest absolute Gasteiger partial charge is 0.0619 e. The molecule has 0 amide bonds. The Kier molecular flexibility index (Phi) is 7.79. The maximum atomic E-state index is 3.64. The standard InChI is InChI=1S/C10H4Br9/c11-8(12,13)7(9(14,15)16,10(17,18)19)6-4-2-1-3-5-6/h1-4H. The van der Waals surface area contributed by atoms with Crippen LogP contribution in [-0.4, -0.2) is 6.43 Å². The molecule has 0 N–H and O–H groups in total. The zero-order valence-corrected chi connectivity index (χ0v) is 23.0. The fourth-order valence-electron chi connectivity index (χ4n) is 1.57. The molecule has 9 heteroatoms. The number of hydrogen-bond donors (Lipinski definition) is 0. The minimum atomic E-state index is -0.700. The van der Waals surface area contributed by atoms with Crippen molar-refractivity contribution < 1.29 is 0 Å². The van der Waals surface area contributed by atoms with Crippen molar-refractivity contribution in [2.45, 2.75) is 11.8 Å². The summed E-state index contributed by atoms with van der Waals surface area (Å²) in [5.41, 5.74) is 0.214. The first kappa shape index (κ1) is 20.6. The van der Waals surface area contributed by atoms with Gasteiger partial charge in [-0.15, -0.1) is 0 Å². The average molecular weight is 843 g/mol. The highest BCUT2D eigenvalue weighted by molar-refractivity contribution is 9.42. The molecule has 1 radical (unpaired) electrons. The van der Waals surface area contributed by atoms with Gasteiger partial charge in [0.05, 0.1) is 0 Å². The van der Waals surface area contributed by atoms with Gasteiger partial charge in [0, 0.05) is 0 Å². The Hall–Kier alpha value is 3.54. The number of alkyl halides is 9. The van der Waals surface area contributed by atoms with Crippen LogP contribution < -0.4 is 0 Å². The van der Waals surface area contributed by atoms with Gasteiger partial charge in [-0.1, -0.05) is 168 Å². The summed E-state index contributed by atoms with van der Waals surface area (Å²) in [6.45, 7) is 0. The first-order valence-corrected chi connectivity index (χ1v) is 11.7. The molecule has 0 unspecified atom stereocenters. The van der Waals surface area contributed by atoms with E-state index in [-0.39, 0.29) is 0 Å². The molecule has 19 heavy (non-hydrogen) atoms. The SMILES string of the molecule is BrC(Br)(Br)C(c1[c]cccc1)(C(Br)(Br)Br)C(Br)(Br)Br. The molecule has 0 bridgehead atoms. The van der Waals surface area contributed by atoms with Gasteiger partial charge in [0.15, 0.2) is 6.43 Å². The first-order valence-electron chi connectivity index (χ1n) is 4.53. The third-order valence-electron chi connectivity index (χ3n) is 2.39. The van der Waals surface area contributed by atoms with Crippen LogP contribution in [0.2, 0.25) is 0 Å². The third kappa shape index (κ3) is 4.15.